The number of fused-ring (bicyclic) bond motifs is 1. The lowest BCUT2D eigenvalue weighted by atomic mass is 10.2. The first kappa shape index (κ1) is 8.04. The number of rotatable bonds is 0. The van der Waals surface area contributed by atoms with Crippen molar-refractivity contribution in [1.82, 2.24) is 14.5 Å². The van der Waals surface area contributed by atoms with Crippen LogP contribution in [0.25, 0.3) is 11.0 Å². The lowest BCUT2D eigenvalue weighted by molar-refractivity contribution is 0.825. The van der Waals surface area contributed by atoms with Crippen molar-refractivity contribution in [1.29, 1.82) is 0 Å². The topological polar surface area (TPSA) is 50.7 Å². The molecule has 0 aromatic carbocycles. The molecule has 0 bridgehead atoms. The van der Waals surface area contributed by atoms with Gasteiger partial charge >= 0.3 is 5.69 Å². The SMILES string of the molecule is Cc1[nH]c2nc(=O)n(C)cc2c1C. The van der Waals surface area contributed by atoms with Crippen LogP contribution in [0.15, 0.2) is 11.0 Å². The Bertz CT molecular complexity index is 521. The van der Waals surface area contributed by atoms with E-state index in [0.717, 1.165) is 16.6 Å². The zero-order valence-corrected chi connectivity index (χ0v) is 7.88. The minimum atomic E-state index is -0.228. The lowest BCUT2D eigenvalue weighted by Gasteiger charge is -1.95. The summed E-state index contributed by atoms with van der Waals surface area (Å²) in [5.41, 5.74) is 2.66. The number of aromatic nitrogens is 3. The fraction of sp³-hybridized carbons (Fsp3) is 0.333. The molecule has 4 heteroatoms. The maximum absolute atomic E-state index is 11.2. The predicted molar refractivity (Wildman–Crippen MR) is 50.8 cm³/mol. The molecule has 68 valence electrons. The van der Waals surface area contributed by atoms with Crippen LogP contribution in [0.2, 0.25) is 0 Å². The predicted octanol–water partition coefficient (Wildman–Crippen LogP) is 0.878. The molecule has 0 fully saturated rings. The van der Waals surface area contributed by atoms with Crippen LogP contribution in [-0.4, -0.2) is 14.5 Å². The van der Waals surface area contributed by atoms with Crippen molar-refractivity contribution in [2.75, 3.05) is 0 Å². The molecule has 0 radical (unpaired) electrons. The van der Waals surface area contributed by atoms with Crippen LogP contribution in [0.3, 0.4) is 0 Å². The normalized spacial score (nSPS) is 11.0. The van der Waals surface area contributed by atoms with Crippen molar-refractivity contribution < 1.29 is 0 Å². The average molecular weight is 177 g/mol. The Hall–Kier alpha value is -1.58. The van der Waals surface area contributed by atoms with E-state index in [1.807, 2.05) is 20.0 Å². The molecule has 2 heterocycles. The molecule has 2 rings (SSSR count). The van der Waals surface area contributed by atoms with Gasteiger partial charge in [-0.3, -0.25) is 0 Å². The van der Waals surface area contributed by atoms with Crippen LogP contribution >= 0.6 is 0 Å². The molecule has 4 nitrogen and oxygen atoms in total. The van der Waals surface area contributed by atoms with Gasteiger partial charge in [-0.2, -0.15) is 4.98 Å². The molecule has 0 spiro atoms. The molecule has 0 aliphatic heterocycles. The van der Waals surface area contributed by atoms with Crippen LogP contribution in [0, 0.1) is 13.8 Å². The summed E-state index contributed by atoms with van der Waals surface area (Å²) in [5.74, 6) is 0. The average Bonchev–Trinajstić information content (AvgIpc) is 2.32. The first-order valence-electron chi connectivity index (χ1n) is 4.12. The van der Waals surface area contributed by atoms with Gasteiger partial charge in [0.05, 0.1) is 0 Å². The minimum absolute atomic E-state index is 0.228. The van der Waals surface area contributed by atoms with E-state index in [9.17, 15) is 4.79 Å². The Morgan fingerprint density at radius 1 is 1.46 bits per heavy atom. The number of hydrogen-bond acceptors (Lipinski definition) is 2. The molecule has 2 aromatic rings. The highest BCUT2D eigenvalue weighted by molar-refractivity contribution is 5.79. The van der Waals surface area contributed by atoms with E-state index in [1.54, 1.807) is 7.05 Å². The van der Waals surface area contributed by atoms with Crippen LogP contribution in [0.1, 0.15) is 11.3 Å². The smallest absolute Gasteiger partial charge is 0.343 e. The Kier molecular flexibility index (Phi) is 1.52. The zero-order valence-electron chi connectivity index (χ0n) is 7.88. The van der Waals surface area contributed by atoms with E-state index in [2.05, 4.69) is 9.97 Å². The Morgan fingerprint density at radius 2 is 2.15 bits per heavy atom. The first-order chi connectivity index (χ1) is 6.09. The van der Waals surface area contributed by atoms with Crippen molar-refractivity contribution in [2.45, 2.75) is 13.8 Å². The lowest BCUT2D eigenvalue weighted by Crippen LogP contribution is -2.18. The maximum Gasteiger partial charge on any atom is 0.349 e. The van der Waals surface area contributed by atoms with E-state index in [1.165, 1.54) is 4.57 Å². The molecule has 0 amide bonds. The second-order valence-electron chi connectivity index (χ2n) is 3.27. The summed E-state index contributed by atoms with van der Waals surface area (Å²) in [7, 11) is 1.70. The molecular formula is C9H11N3O. The van der Waals surface area contributed by atoms with Crippen molar-refractivity contribution in [3.05, 3.63) is 27.9 Å². The summed E-state index contributed by atoms with van der Waals surface area (Å²) < 4.78 is 1.49. The van der Waals surface area contributed by atoms with Crippen molar-refractivity contribution in [3.8, 4) is 0 Å². The third-order valence-corrected chi connectivity index (χ3v) is 2.36. The van der Waals surface area contributed by atoms with Crippen molar-refractivity contribution in [2.24, 2.45) is 7.05 Å². The minimum Gasteiger partial charge on any atom is -0.343 e. The maximum atomic E-state index is 11.2. The number of aromatic amines is 1. The molecule has 0 aliphatic rings. The Morgan fingerprint density at radius 3 is 2.85 bits per heavy atom. The van der Waals surface area contributed by atoms with Gasteiger partial charge in [-0.1, -0.05) is 0 Å². The fourth-order valence-corrected chi connectivity index (χ4v) is 1.39. The highest BCUT2D eigenvalue weighted by Crippen LogP contribution is 2.16. The monoisotopic (exact) mass is 177 g/mol. The van der Waals surface area contributed by atoms with E-state index in [-0.39, 0.29) is 5.69 Å². The summed E-state index contributed by atoms with van der Waals surface area (Å²) in [4.78, 5) is 18.2. The Labute approximate surface area is 75.2 Å². The van der Waals surface area contributed by atoms with E-state index < -0.39 is 0 Å². The summed E-state index contributed by atoms with van der Waals surface area (Å²) in [5, 5.41) is 1.01. The van der Waals surface area contributed by atoms with Gasteiger partial charge in [0.25, 0.3) is 0 Å². The van der Waals surface area contributed by atoms with Gasteiger partial charge in [0.1, 0.15) is 5.65 Å². The van der Waals surface area contributed by atoms with E-state index in [0.29, 0.717) is 5.65 Å². The first-order valence-corrected chi connectivity index (χ1v) is 4.12. The molecule has 2 aromatic heterocycles. The number of hydrogen-bond donors (Lipinski definition) is 1. The molecule has 0 atom stereocenters. The van der Waals surface area contributed by atoms with Gasteiger partial charge in [0.15, 0.2) is 0 Å². The number of nitrogens with zero attached hydrogens (tertiary/aromatic N) is 2. The molecular weight excluding hydrogens is 166 g/mol. The Balaban J connectivity index is 2.97. The molecule has 13 heavy (non-hydrogen) atoms. The van der Waals surface area contributed by atoms with E-state index in [4.69, 9.17) is 0 Å². The summed E-state index contributed by atoms with van der Waals surface area (Å²) in [6.45, 7) is 3.99. The van der Waals surface area contributed by atoms with Crippen LogP contribution in [-0.2, 0) is 7.05 Å². The third kappa shape index (κ3) is 1.06. The van der Waals surface area contributed by atoms with Crippen LogP contribution in [0.5, 0.6) is 0 Å². The van der Waals surface area contributed by atoms with E-state index >= 15 is 0 Å². The summed E-state index contributed by atoms with van der Waals surface area (Å²) in [6.07, 6.45) is 1.81. The van der Waals surface area contributed by atoms with Gasteiger partial charge in [-0.25, -0.2) is 4.79 Å². The molecule has 0 saturated carbocycles. The van der Waals surface area contributed by atoms with Crippen LogP contribution in [0.4, 0.5) is 0 Å². The molecule has 0 aliphatic carbocycles. The van der Waals surface area contributed by atoms with Crippen molar-refractivity contribution in [3.63, 3.8) is 0 Å². The highest BCUT2D eigenvalue weighted by atomic mass is 16.1. The van der Waals surface area contributed by atoms with Gasteiger partial charge in [-0.05, 0) is 19.4 Å². The summed E-state index contributed by atoms with van der Waals surface area (Å²) >= 11 is 0. The van der Waals surface area contributed by atoms with Gasteiger partial charge in [0, 0.05) is 24.3 Å². The standard InChI is InChI=1S/C9H11N3O/c1-5-6(2)10-8-7(5)4-12(3)9(13)11-8/h4H,1-3H3,(H,10,11,13). The van der Waals surface area contributed by atoms with Gasteiger partial charge in [0.2, 0.25) is 0 Å². The van der Waals surface area contributed by atoms with Gasteiger partial charge < -0.3 is 9.55 Å². The third-order valence-electron chi connectivity index (χ3n) is 2.36. The van der Waals surface area contributed by atoms with Crippen LogP contribution < -0.4 is 5.69 Å². The number of H-pyrrole nitrogens is 1. The molecule has 0 saturated heterocycles. The fourth-order valence-electron chi connectivity index (χ4n) is 1.39. The van der Waals surface area contributed by atoms with Gasteiger partial charge in [-0.15, -0.1) is 0 Å². The number of nitrogens with one attached hydrogen (secondary N) is 1. The summed E-state index contributed by atoms with van der Waals surface area (Å²) in [6, 6.07) is 0. The quantitative estimate of drug-likeness (QED) is 0.649. The second kappa shape index (κ2) is 2.45. The highest BCUT2D eigenvalue weighted by Gasteiger charge is 2.06. The second-order valence-corrected chi connectivity index (χ2v) is 3.27. The number of aryl methyl sites for hydroxylation is 3. The molecule has 0 unspecified atom stereocenters. The van der Waals surface area contributed by atoms with Crippen molar-refractivity contribution >= 4 is 11.0 Å². The largest absolute Gasteiger partial charge is 0.349 e. The molecule has 1 N–H and O–H groups in total. The zero-order chi connectivity index (χ0) is 9.59.